The largest absolute Gasteiger partial charge is 0.468 e. The molecule has 0 saturated carbocycles. The molecule has 0 bridgehead atoms. The van der Waals surface area contributed by atoms with Crippen molar-refractivity contribution < 1.29 is 9.53 Å². The van der Waals surface area contributed by atoms with E-state index in [4.69, 9.17) is 10.5 Å². The first kappa shape index (κ1) is 10.9. The van der Waals surface area contributed by atoms with Crippen molar-refractivity contribution in [2.75, 3.05) is 19.1 Å². The highest BCUT2D eigenvalue weighted by atomic mass is 32.2. The lowest BCUT2D eigenvalue weighted by Crippen LogP contribution is -2.12. The predicted molar refractivity (Wildman–Crippen MR) is 59.1 cm³/mol. The van der Waals surface area contributed by atoms with E-state index in [1.807, 2.05) is 24.5 Å². The van der Waals surface area contributed by atoms with E-state index in [1.54, 1.807) is 6.07 Å². The van der Waals surface area contributed by atoms with Gasteiger partial charge in [-0.25, -0.2) is 0 Å². The maximum Gasteiger partial charge on any atom is 0.323 e. The number of anilines is 1. The van der Waals surface area contributed by atoms with Crippen LogP contribution in [0.4, 0.5) is 5.69 Å². The zero-order valence-electron chi connectivity index (χ0n) is 8.19. The highest BCUT2D eigenvalue weighted by Gasteiger charge is 2.21. The standard InChI is InChI=1S/C10H13NO2S/c1-13-10(12)9(14-2)7-5-3-4-6-8(7)11/h3-6,9H,11H2,1-2H3/t9-/m1/s1. The molecule has 0 aliphatic heterocycles. The molecule has 0 heterocycles. The van der Waals surface area contributed by atoms with Crippen LogP contribution < -0.4 is 5.73 Å². The second-order valence-corrected chi connectivity index (χ2v) is 3.71. The Morgan fingerprint density at radius 1 is 1.50 bits per heavy atom. The highest BCUT2D eigenvalue weighted by molar-refractivity contribution is 7.99. The Hall–Kier alpha value is -1.16. The number of nitrogen functional groups attached to an aromatic ring is 1. The van der Waals surface area contributed by atoms with Crippen LogP contribution in [0.2, 0.25) is 0 Å². The summed E-state index contributed by atoms with van der Waals surface area (Å²) in [7, 11) is 1.38. The summed E-state index contributed by atoms with van der Waals surface area (Å²) in [6.45, 7) is 0. The Morgan fingerprint density at radius 2 is 2.14 bits per heavy atom. The van der Waals surface area contributed by atoms with Gasteiger partial charge in [0.25, 0.3) is 0 Å². The highest BCUT2D eigenvalue weighted by Crippen LogP contribution is 2.31. The number of nitrogens with two attached hydrogens (primary N) is 1. The number of thioether (sulfide) groups is 1. The van der Waals surface area contributed by atoms with Gasteiger partial charge in [0.05, 0.1) is 7.11 Å². The number of rotatable bonds is 3. The van der Waals surface area contributed by atoms with Crippen molar-refractivity contribution in [3.05, 3.63) is 29.8 Å². The third kappa shape index (κ3) is 2.20. The van der Waals surface area contributed by atoms with E-state index in [9.17, 15) is 4.79 Å². The molecule has 76 valence electrons. The zero-order chi connectivity index (χ0) is 10.6. The van der Waals surface area contributed by atoms with Gasteiger partial charge in [0.1, 0.15) is 5.25 Å². The van der Waals surface area contributed by atoms with Crippen LogP contribution in [0.15, 0.2) is 24.3 Å². The number of carbonyl (C=O) groups excluding carboxylic acids is 1. The van der Waals surface area contributed by atoms with E-state index in [0.717, 1.165) is 5.56 Å². The molecular weight excluding hydrogens is 198 g/mol. The number of hydrogen-bond donors (Lipinski definition) is 1. The van der Waals surface area contributed by atoms with Crippen molar-refractivity contribution in [1.29, 1.82) is 0 Å². The summed E-state index contributed by atoms with van der Waals surface area (Å²) < 4.78 is 4.70. The Labute approximate surface area is 87.6 Å². The average Bonchev–Trinajstić information content (AvgIpc) is 2.21. The van der Waals surface area contributed by atoms with Crippen LogP contribution in [0.3, 0.4) is 0 Å². The minimum absolute atomic E-state index is 0.268. The molecule has 0 aliphatic carbocycles. The molecule has 0 saturated heterocycles. The molecule has 1 atom stereocenters. The van der Waals surface area contributed by atoms with E-state index in [-0.39, 0.29) is 11.2 Å². The van der Waals surface area contributed by atoms with Crippen LogP contribution in [-0.4, -0.2) is 19.3 Å². The van der Waals surface area contributed by atoms with Crippen molar-refractivity contribution in [1.82, 2.24) is 0 Å². The van der Waals surface area contributed by atoms with Crippen molar-refractivity contribution in [3.8, 4) is 0 Å². The minimum Gasteiger partial charge on any atom is -0.468 e. The topological polar surface area (TPSA) is 52.3 Å². The van der Waals surface area contributed by atoms with Crippen LogP contribution in [0, 0.1) is 0 Å². The Bertz CT molecular complexity index is 328. The zero-order valence-corrected chi connectivity index (χ0v) is 9.01. The molecule has 3 nitrogen and oxygen atoms in total. The lowest BCUT2D eigenvalue weighted by atomic mass is 10.1. The summed E-state index contributed by atoms with van der Waals surface area (Å²) >= 11 is 1.42. The van der Waals surface area contributed by atoms with Gasteiger partial charge in [-0.3, -0.25) is 4.79 Å². The molecule has 1 rings (SSSR count). The molecular formula is C10H13NO2S. The van der Waals surface area contributed by atoms with Crippen LogP contribution in [0.5, 0.6) is 0 Å². The van der Waals surface area contributed by atoms with Gasteiger partial charge in [0, 0.05) is 5.69 Å². The number of esters is 1. The fraction of sp³-hybridized carbons (Fsp3) is 0.300. The monoisotopic (exact) mass is 211 g/mol. The van der Waals surface area contributed by atoms with E-state index < -0.39 is 0 Å². The molecule has 1 aromatic rings. The summed E-state index contributed by atoms with van der Waals surface area (Å²) in [5, 5.41) is -0.332. The first-order chi connectivity index (χ1) is 6.70. The number of para-hydroxylation sites is 1. The summed E-state index contributed by atoms with van der Waals surface area (Å²) in [5.74, 6) is -0.268. The quantitative estimate of drug-likeness (QED) is 0.612. The van der Waals surface area contributed by atoms with Crippen molar-refractivity contribution in [2.24, 2.45) is 0 Å². The van der Waals surface area contributed by atoms with Crippen LogP contribution >= 0.6 is 11.8 Å². The third-order valence-electron chi connectivity index (χ3n) is 1.93. The van der Waals surface area contributed by atoms with Gasteiger partial charge in [-0.1, -0.05) is 18.2 Å². The summed E-state index contributed by atoms with van der Waals surface area (Å²) in [6.07, 6.45) is 1.86. The van der Waals surface area contributed by atoms with E-state index in [2.05, 4.69) is 0 Å². The number of ether oxygens (including phenoxy) is 1. The summed E-state index contributed by atoms with van der Waals surface area (Å²) in [5.41, 5.74) is 7.20. The lowest BCUT2D eigenvalue weighted by Gasteiger charge is -2.13. The number of methoxy groups -OCH3 is 1. The lowest BCUT2D eigenvalue weighted by molar-refractivity contribution is -0.140. The second kappa shape index (κ2) is 4.91. The Balaban J connectivity index is 3.01. The first-order valence-corrected chi connectivity index (χ1v) is 5.44. The molecule has 2 N–H and O–H groups in total. The molecule has 0 aromatic heterocycles. The second-order valence-electron chi connectivity index (χ2n) is 2.77. The third-order valence-corrected chi connectivity index (χ3v) is 2.85. The van der Waals surface area contributed by atoms with Gasteiger partial charge in [-0.2, -0.15) is 0 Å². The molecule has 1 aromatic carbocycles. The summed E-state index contributed by atoms with van der Waals surface area (Å²) in [6, 6.07) is 7.32. The fourth-order valence-electron chi connectivity index (χ4n) is 1.21. The van der Waals surface area contributed by atoms with Gasteiger partial charge >= 0.3 is 5.97 Å². The summed E-state index contributed by atoms with van der Waals surface area (Å²) in [4.78, 5) is 11.4. The fourth-order valence-corrected chi connectivity index (χ4v) is 1.96. The van der Waals surface area contributed by atoms with Crippen LogP contribution in [-0.2, 0) is 9.53 Å². The molecule has 14 heavy (non-hydrogen) atoms. The van der Waals surface area contributed by atoms with Gasteiger partial charge in [-0.05, 0) is 17.9 Å². The van der Waals surface area contributed by atoms with E-state index in [0.29, 0.717) is 5.69 Å². The Kier molecular flexibility index (Phi) is 3.83. The maximum atomic E-state index is 11.4. The molecule has 0 unspecified atom stereocenters. The molecule has 0 fully saturated rings. The van der Waals surface area contributed by atoms with Crippen LogP contribution in [0.25, 0.3) is 0 Å². The maximum absolute atomic E-state index is 11.4. The normalized spacial score (nSPS) is 12.1. The Morgan fingerprint density at radius 3 is 2.64 bits per heavy atom. The van der Waals surface area contributed by atoms with E-state index >= 15 is 0 Å². The van der Waals surface area contributed by atoms with Gasteiger partial charge < -0.3 is 10.5 Å². The van der Waals surface area contributed by atoms with E-state index in [1.165, 1.54) is 18.9 Å². The van der Waals surface area contributed by atoms with Crippen LogP contribution in [0.1, 0.15) is 10.8 Å². The first-order valence-electron chi connectivity index (χ1n) is 4.15. The molecule has 0 spiro atoms. The van der Waals surface area contributed by atoms with Gasteiger partial charge in [0.15, 0.2) is 0 Å². The molecule has 0 amide bonds. The SMILES string of the molecule is COC(=O)[C@H](SC)c1ccccc1N. The predicted octanol–water partition coefficient (Wildman–Crippen LogP) is 1.85. The van der Waals surface area contributed by atoms with Gasteiger partial charge in [-0.15, -0.1) is 11.8 Å². The number of carbonyl (C=O) groups is 1. The average molecular weight is 211 g/mol. The molecule has 0 radical (unpaired) electrons. The molecule has 0 aliphatic rings. The van der Waals surface area contributed by atoms with Crippen molar-refractivity contribution in [2.45, 2.75) is 5.25 Å². The van der Waals surface area contributed by atoms with Gasteiger partial charge in [0.2, 0.25) is 0 Å². The van der Waals surface area contributed by atoms with Crippen molar-refractivity contribution >= 4 is 23.4 Å². The van der Waals surface area contributed by atoms with Crippen molar-refractivity contribution in [3.63, 3.8) is 0 Å². The smallest absolute Gasteiger partial charge is 0.323 e. The minimum atomic E-state index is -0.332. The number of hydrogen-bond acceptors (Lipinski definition) is 4. The molecule has 4 heteroatoms. The number of benzene rings is 1.